The van der Waals surface area contributed by atoms with E-state index >= 15 is 0 Å². The van der Waals surface area contributed by atoms with Gasteiger partial charge in [-0.2, -0.15) is 5.10 Å². The van der Waals surface area contributed by atoms with Gasteiger partial charge in [-0.3, -0.25) is 4.79 Å². The average Bonchev–Trinajstić information content (AvgIpc) is 3.22. The molecule has 152 valence electrons. The Bertz CT molecular complexity index is 1050. The topological polar surface area (TPSA) is 80.2 Å². The predicted molar refractivity (Wildman–Crippen MR) is 120 cm³/mol. The number of hydrazone groups is 1. The van der Waals surface area contributed by atoms with Gasteiger partial charge in [0.05, 0.1) is 6.21 Å². The molecule has 0 aliphatic carbocycles. The smallest absolute Gasteiger partial charge is 0.281 e. The Labute approximate surface area is 189 Å². The standard InChI is InChI=1S/C22H16Br2N2O4/c23-17-6-2-15(3-7-17)22(28,16-4-8-18(24)9-5-16)21(27)26-25-12-14-1-10-19-20(11-14)30-13-29-19/h1-12,28H,13H2,(H,26,27). The number of nitrogens with one attached hydrogen (secondary N) is 1. The fraction of sp³-hybridized carbons (Fsp3) is 0.0909. The van der Waals surface area contributed by atoms with Crippen molar-refractivity contribution in [2.24, 2.45) is 5.10 Å². The fourth-order valence-corrected chi connectivity index (χ4v) is 3.58. The van der Waals surface area contributed by atoms with Crippen LogP contribution < -0.4 is 14.9 Å². The van der Waals surface area contributed by atoms with Gasteiger partial charge in [0, 0.05) is 8.95 Å². The van der Waals surface area contributed by atoms with Crippen molar-refractivity contribution < 1.29 is 19.4 Å². The van der Waals surface area contributed by atoms with E-state index in [2.05, 4.69) is 42.4 Å². The first-order chi connectivity index (χ1) is 14.5. The molecule has 8 heteroatoms. The monoisotopic (exact) mass is 530 g/mol. The van der Waals surface area contributed by atoms with E-state index in [1.807, 2.05) is 0 Å². The molecule has 0 aromatic heterocycles. The third kappa shape index (κ3) is 4.12. The molecular formula is C22H16Br2N2O4. The van der Waals surface area contributed by atoms with E-state index < -0.39 is 11.5 Å². The first-order valence-electron chi connectivity index (χ1n) is 8.94. The van der Waals surface area contributed by atoms with Crippen molar-refractivity contribution in [3.05, 3.63) is 92.4 Å². The van der Waals surface area contributed by atoms with Crippen LogP contribution >= 0.6 is 31.9 Å². The third-order valence-corrected chi connectivity index (χ3v) is 5.69. The molecule has 0 atom stereocenters. The van der Waals surface area contributed by atoms with Gasteiger partial charge in [0.25, 0.3) is 5.91 Å². The minimum atomic E-state index is -1.92. The molecule has 0 spiro atoms. The molecule has 1 heterocycles. The SMILES string of the molecule is O=C(NN=Cc1ccc2c(c1)OCO2)C(O)(c1ccc(Br)cc1)c1ccc(Br)cc1. The van der Waals surface area contributed by atoms with Crippen LogP contribution in [0.25, 0.3) is 0 Å². The highest BCUT2D eigenvalue weighted by molar-refractivity contribution is 9.10. The minimum Gasteiger partial charge on any atom is -0.454 e. The van der Waals surface area contributed by atoms with Crippen molar-refractivity contribution >= 4 is 44.0 Å². The number of ether oxygens (including phenoxy) is 2. The molecular weight excluding hydrogens is 516 g/mol. The van der Waals surface area contributed by atoms with Crippen molar-refractivity contribution in [1.29, 1.82) is 0 Å². The molecule has 30 heavy (non-hydrogen) atoms. The molecule has 0 bridgehead atoms. The first-order valence-corrected chi connectivity index (χ1v) is 10.5. The Kier molecular flexibility index (Phi) is 5.90. The van der Waals surface area contributed by atoms with E-state index in [0.29, 0.717) is 22.6 Å². The maximum absolute atomic E-state index is 13.1. The van der Waals surface area contributed by atoms with Crippen molar-refractivity contribution in [2.75, 3.05) is 6.79 Å². The molecule has 4 rings (SSSR count). The van der Waals surface area contributed by atoms with Gasteiger partial charge in [0.1, 0.15) is 0 Å². The van der Waals surface area contributed by atoms with Gasteiger partial charge in [0.2, 0.25) is 6.79 Å². The second-order valence-corrected chi connectivity index (χ2v) is 8.37. The number of hydrogen-bond donors (Lipinski definition) is 2. The van der Waals surface area contributed by atoms with Gasteiger partial charge in [0.15, 0.2) is 17.1 Å². The van der Waals surface area contributed by atoms with Crippen LogP contribution in [0.15, 0.2) is 80.8 Å². The number of fused-ring (bicyclic) bond motifs is 1. The van der Waals surface area contributed by atoms with Gasteiger partial charge in [-0.1, -0.05) is 56.1 Å². The molecule has 0 unspecified atom stereocenters. The zero-order valence-corrected chi connectivity index (χ0v) is 18.7. The summed E-state index contributed by atoms with van der Waals surface area (Å²) < 4.78 is 12.3. The van der Waals surface area contributed by atoms with Crippen LogP contribution in [-0.4, -0.2) is 24.0 Å². The van der Waals surface area contributed by atoms with E-state index in [-0.39, 0.29) is 6.79 Å². The van der Waals surface area contributed by atoms with E-state index in [4.69, 9.17) is 9.47 Å². The summed E-state index contributed by atoms with van der Waals surface area (Å²) in [4.78, 5) is 13.1. The van der Waals surface area contributed by atoms with Crippen LogP contribution in [0.1, 0.15) is 16.7 Å². The number of benzene rings is 3. The second kappa shape index (κ2) is 8.59. The van der Waals surface area contributed by atoms with Crippen LogP contribution in [0, 0.1) is 0 Å². The molecule has 3 aromatic carbocycles. The quantitative estimate of drug-likeness (QED) is 0.379. The van der Waals surface area contributed by atoms with Crippen LogP contribution in [0.4, 0.5) is 0 Å². The number of hydrogen-bond acceptors (Lipinski definition) is 5. The van der Waals surface area contributed by atoms with Crippen molar-refractivity contribution in [2.45, 2.75) is 5.60 Å². The molecule has 1 amide bonds. The number of aliphatic hydroxyl groups is 1. The normalized spacial score (nSPS) is 12.9. The molecule has 0 saturated heterocycles. The van der Waals surface area contributed by atoms with Crippen LogP contribution in [-0.2, 0) is 10.4 Å². The van der Waals surface area contributed by atoms with Gasteiger partial charge in [-0.05, 0) is 59.2 Å². The van der Waals surface area contributed by atoms with Gasteiger partial charge in [-0.25, -0.2) is 5.43 Å². The van der Waals surface area contributed by atoms with E-state index in [1.54, 1.807) is 66.7 Å². The van der Waals surface area contributed by atoms with Gasteiger partial charge in [-0.15, -0.1) is 0 Å². The first kappa shape index (κ1) is 20.6. The van der Waals surface area contributed by atoms with Crippen LogP contribution in [0.2, 0.25) is 0 Å². The Hall–Kier alpha value is -2.68. The Balaban J connectivity index is 1.61. The van der Waals surface area contributed by atoms with E-state index in [0.717, 1.165) is 14.5 Å². The fourth-order valence-electron chi connectivity index (χ4n) is 3.05. The van der Waals surface area contributed by atoms with Crippen molar-refractivity contribution in [3.63, 3.8) is 0 Å². The highest BCUT2D eigenvalue weighted by atomic mass is 79.9. The zero-order valence-electron chi connectivity index (χ0n) is 15.5. The number of rotatable bonds is 5. The van der Waals surface area contributed by atoms with Crippen LogP contribution in [0.5, 0.6) is 11.5 Å². The molecule has 6 nitrogen and oxygen atoms in total. The molecule has 0 saturated carbocycles. The van der Waals surface area contributed by atoms with E-state index in [9.17, 15) is 9.90 Å². The average molecular weight is 532 g/mol. The lowest BCUT2D eigenvalue weighted by Gasteiger charge is -2.27. The van der Waals surface area contributed by atoms with Gasteiger partial charge < -0.3 is 14.6 Å². The second-order valence-electron chi connectivity index (χ2n) is 6.54. The lowest BCUT2D eigenvalue weighted by molar-refractivity contribution is -0.136. The highest BCUT2D eigenvalue weighted by Crippen LogP contribution is 2.33. The Morgan fingerprint density at radius 1 is 0.933 bits per heavy atom. The molecule has 1 aliphatic rings. The summed E-state index contributed by atoms with van der Waals surface area (Å²) >= 11 is 6.75. The molecule has 3 aromatic rings. The maximum Gasteiger partial charge on any atom is 0.281 e. The summed E-state index contributed by atoms with van der Waals surface area (Å²) in [7, 11) is 0. The molecule has 2 N–H and O–H groups in total. The summed E-state index contributed by atoms with van der Waals surface area (Å²) in [5.41, 5.74) is 2.09. The summed E-state index contributed by atoms with van der Waals surface area (Å²) in [6.07, 6.45) is 1.48. The Morgan fingerprint density at radius 3 is 2.10 bits per heavy atom. The number of halogens is 2. The van der Waals surface area contributed by atoms with Crippen molar-refractivity contribution in [1.82, 2.24) is 5.43 Å². The molecule has 0 radical (unpaired) electrons. The lowest BCUT2D eigenvalue weighted by atomic mass is 9.85. The zero-order chi connectivity index (χ0) is 21.1. The number of nitrogens with zero attached hydrogens (tertiary/aromatic N) is 1. The highest BCUT2D eigenvalue weighted by Gasteiger charge is 2.40. The third-order valence-electron chi connectivity index (χ3n) is 4.63. The summed E-state index contributed by atoms with van der Waals surface area (Å²) in [5, 5.41) is 15.5. The van der Waals surface area contributed by atoms with E-state index in [1.165, 1.54) is 6.21 Å². The predicted octanol–water partition coefficient (Wildman–Crippen LogP) is 4.33. The molecule has 0 fully saturated rings. The number of amides is 1. The number of carbonyl (C=O) groups excluding carboxylic acids is 1. The molecule has 1 aliphatic heterocycles. The minimum absolute atomic E-state index is 0.181. The largest absolute Gasteiger partial charge is 0.454 e. The summed E-state index contributed by atoms with van der Waals surface area (Å²) in [6, 6.07) is 19.1. The Morgan fingerprint density at radius 2 is 1.50 bits per heavy atom. The van der Waals surface area contributed by atoms with Gasteiger partial charge >= 0.3 is 0 Å². The van der Waals surface area contributed by atoms with Crippen molar-refractivity contribution in [3.8, 4) is 11.5 Å². The number of carbonyl (C=O) groups is 1. The summed E-state index contributed by atoms with van der Waals surface area (Å²) in [6.45, 7) is 0.181. The maximum atomic E-state index is 13.1. The lowest BCUT2D eigenvalue weighted by Crippen LogP contribution is -2.43. The summed E-state index contributed by atoms with van der Waals surface area (Å²) in [5.74, 6) is 0.603. The van der Waals surface area contributed by atoms with Crippen LogP contribution in [0.3, 0.4) is 0 Å².